The number of benzene rings is 1. The Morgan fingerprint density at radius 3 is 2.48 bits per heavy atom. The maximum atomic E-state index is 11.5. The maximum Gasteiger partial charge on any atom is 0.315 e. The zero-order chi connectivity index (χ0) is 15.7. The third-order valence-corrected chi connectivity index (χ3v) is 2.77. The highest BCUT2D eigenvalue weighted by atomic mass is 16.5. The maximum absolute atomic E-state index is 11.5. The molecule has 3 N–H and O–H groups in total. The van der Waals surface area contributed by atoms with Crippen molar-refractivity contribution in [3.8, 4) is 0 Å². The predicted octanol–water partition coefficient (Wildman–Crippen LogP) is 1.40. The van der Waals surface area contributed by atoms with E-state index in [1.165, 1.54) is 0 Å². The van der Waals surface area contributed by atoms with Gasteiger partial charge in [0, 0.05) is 6.54 Å². The third kappa shape index (κ3) is 7.31. The second kappa shape index (κ2) is 8.97. The van der Waals surface area contributed by atoms with E-state index in [1.807, 2.05) is 44.2 Å². The molecule has 1 aromatic rings. The topological polar surface area (TPSA) is 81.7 Å². The van der Waals surface area contributed by atoms with E-state index < -0.39 is 11.9 Å². The molecule has 1 rings (SSSR count). The van der Waals surface area contributed by atoms with Crippen LogP contribution >= 0.6 is 0 Å². The molecule has 0 saturated heterocycles. The zero-order valence-electron chi connectivity index (χ0n) is 12.5. The van der Waals surface area contributed by atoms with Gasteiger partial charge in [-0.1, -0.05) is 44.2 Å². The summed E-state index contributed by atoms with van der Waals surface area (Å²) in [5.74, 6) is -0.361. The highest BCUT2D eigenvalue weighted by molar-refractivity contribution is 5.83. The van der Waals surface area contributed by atoms with Crippen LogP contribution in [0.2, 0.25) is 0 Å². The molecular weight excluding hydrogens is 270 g/mol. The van der Waals surface area contributed by atoms with Gasteiger partial charge in [-0.25, -0.2) is 9.86 Å². The van der Waals surface area contributed by atoms with Crippen LogP contribution in [0.5, 0.6) is 0 Å². The van der Waals surface area contributed by atoms with Gasteiger partial charge in [-0.2, -0.15) is 0 Å². The molecule has 0 aliphatic rings. The number of carbonyl (C=O) groups is 2. The van der Waals surface area contributed by atoms with Gasteiger partial charge in [0.1, 0.15) is 6.54 Å². The molecule has 0 bridgehead atoms. The molecule has 0 aliphatic carbocycles. The number of hydrogen-bond donors (Lipinski definition) is 3. The summed E-state index contributed by atoms with van der Waals surface area (Å²) in [6.07, 6.45) is 0.724. The molecule has 0 fully saturated rings. The van der Waals surface area contributed by atoms with Crippen LogP contribution in [-0.4, -0.2) is 41.8 Å². The molecule has 0 atom stereocenters. The van der Waals surface area contributed by atoms with E-state index in [-0.39, 0.29) is 19.0 Å². The van der Waals surface area contributed by atoms with Crippen LogP contribution in [0.15, 0.2) is 30.3 Å². The summed E-state index contributed by atoms with van der Waals surface area (Å²) in [7, 11) is 0. The summed E-state index contributed by atoms with van der Waals surface area (Å²) in [5, 5.41) is 15.2. The first-order valence-electron chi connectivity index (χ1n) is 7.04. The molecular formula is C15H23N3O3. The number of amides is 3. The summed E-state index contributed by atoms with van der Waals surface area (Å²) in [6.45, 7) is 4.29. The summed E-state index contributed by atoms with van der Waals surface area (Å²) in [6, 6.07) is 9.37. The van der Waals surface area contributed by atoms with Gasteiger partial charge in [-0.05, 0) is 17.9 Å². The van der Waals surface area contributed by atoms with Crippen molar-refractivity contribution in [3.05, 3.63) is 35.9 Å². The molecule has 0 aliphatic heterocycles. The van der Waals surface area contributed by atoms with Gasteiger partial charge in [0.05, 0.1) is 6.54 Å². The molecule has 1 aromatic carbocycles. The average molecular weight is 293 g/mol. The van der Waals surface area contributed by atoms with Crippen LogP contribution in [0, 0.1) is 5.92 Å². The number of rotatable bonds is 7. The van der Waals surface area contributed by atoms with Crippen molar-refractivity contribution in [1.82, 2.24) is 15.7 Å². The van der Waals surface area contributed by atoms with Gasteiger partial charge in [-0.3, -0.25) is 10.0 Å². The Labute approximate surface area is 125 Å². The zero-order valence-corrected chi connectivity index (χ0v) is 12.5. The number of hydroxylamine groups is 2. The van der Waals surface area contributed by atoms with E-state index in [0.29, 0.717) is 11.6 Å². The standard InChI is InChI=1S/C15H23N3O3/c1-12(2)11-18(21)14(19)10-17-15(20)16-9-8-13-6-4-3-5-7-13/h3-7,12,21H,8-11H2,1-2H3,(H2,16,17,20). The highest BCUT2D eigenvalue weighted by Crippen LogP contribution is 1.98. The van der Waals surface area contributed by atoms with Crippen molar-refractivity contribution in [1.29, 1.82) is 0 Å². The SMILES string of the molecule is CC(C)CN(O)C(=O)CNC(=O)NCCc1ccccc1. The molecule has 3 amide bonds. The van der Waals surface area contributed by atoms with E-state index in [2.05, 4.69) is 10.6 Å². The number of hydrogen-bond acceptors (Lipinski definition) is 3. The Hall–Kier alpha value is -2.08. The van der Waals surface area contributed by atoms with Crippen molar-refractivity contribution in [3.63, 3.8) is 0 Å². The van der Waals surface area contributed by atoms with Gasteiger partial charge in [-0.15, -0.1) is 0 Å². The van der Waals surface area contributed by atoms with Crippen LogP contribution in [0.1, 0.15) is 19.4 Å². The molecule has 116 valence electrons. The van der Waals surface area contributed by atoms with Gasteiger partial charge in [0.15, 0.2) is 0 Å². The number of nitrogens with one attached hydrogen (secondary N) is 2. The molecule has 21 heavy (non-hydrogen) atoms. The second-order valence-electron chi connectivity index (χ2n) is 5.21. The van der Waals surface area contributed by atoms with Gasteiger partial charge < -0.3 is 10.6 Å². The molecule has 6 nitrogen and oxygen atoms in total. The lowest BCUT2D eigenvalue weighted by atomic mass is 10.1. The number of urea groups is 1. The first-order chi connectivity index (χ1) is 9.99. The van der Waals surface area contributed by atoms with Gasteiger partial charge in [0.25, 0.3) is 5.91 Å². The van der Waals surface area contributed by atoms with Crippen LogP contribution in [-0.2, 0) is 11.2 Å². The molecule has 6 heteroatoms. The predicted molar refractivity (Wildman–Crippen MR) is 79.9 cm³/mol. The van der Waals surface area contributed by atoms with Gasteiger partial charge >= 0.3 is 6.03 Å². The van der Waals surface area contributed by atoms with Gasteiger partial charge in [0.2, 0.25) is 0 Å². The molecule has 0 spiro atoms. The molecule has 0 aromatic heterocycles. The lowest BCUT2D eigenvalue weighted by Gasteiger charge is -2.17. The minimum atomic E-state index is -0.526. The van der Waals surface area contributed by atoms with Crippen molar-refractivity contribution < 1.29 is 14.8 Å². The smallest absolute Gasteiger partial charge is 0.315 e. The monoisotopic (exact) mass is 293 g/mol. The molecule has 0 radical (unpaired) electrons. The summed E-state index contributed by atoms with van der Waals surface area (Å²) in [4.78, 5) is 23.0. The Morgan fingerprint density at radius 1 is 1.19 bits per heavy atom. The van der Waals surface area contributed by atoms with Crippen LogP contribution in [0.3, 0.4) is 0 Å². The van der Waals surface area contributed by atoms with Crippen molar-refractivity contribution in [2.24, 2.45) is 5.92 Å². The van der Waals surface area contributed by atoms with Crippen molar-refractivity contribution in [2.75, 3.05) is 19.6 Å². The Morgan fingerprint density at radius 2 is 1.86 bits per heavy atom. The lowest BCUT2D eigenvalue weighted by molar-refractivity contribution is -0.166. The Bertz CT molecular complexity index is 449. The lowest BCUT2D eigenvalue weighted by Crippen LogP contribution is -2.44. The molecule has 0 heterocycles. The van der Waals surface area contributed by atoms with Crippen molar-refractivity contribution >= 4 is 11.9 Å². The number of nitrogens with zero attached hydrogens (tertiary/aromatic N) is 1. The van der Waals surface area contributed by atoms with Crippen LogP contribution < -0.4 is 10.6 Å². The van der Waals surface area contributed by atoms with E-state index in [4.69, 9.17) is 0 Å². The summed E-state index contributed by atoms with van der Waals surface area (Å²) >= 11 is 0. The van der Waals surface area contributed by atoms with Crippen LogP contribution in [0.25, 0.3) is 0 Å². The fraction of sp³-hybridized carbons (Fsp3) is 0.467. The van der Waals surface area contributed by atoms with E-state index in [1.54, 1.807) is 0 Å². The largest absolute Gasteiger partial charge is 0.338 e. The normalized spacial score (nSPS) is 10.3. The molecule has 0 unspecified atom stereocenters. The minimum absolute atomic E-state index is 0.165. The first-order valence-corrected chi connectivity index (χ1v) is 7.04. The Kier molecular flexibility index (Phi) is 7.25. The first kappa shape index (κ1) is 17.0. The summed E-state index contributed by atoms with van der Waals surface area (Å²) in [5.41, 5.74) is 1.13. The molecule has 0 saturated carbocycles. The second-order valence-corrected chi connectivity index (χ2v) is 5.21. The van der Waals surface area contributed by atoms with Crippen LogP contribution in [0.4, 0.5) is 4.79 Å². The van der Waals surface area contributed by atoms with E-state index in [0.717, 1.165) is 12.0 Å². The Balaban J connectivity index is 2.18. The third-order valence-electron chi connectivity index (χ3n) is 2.77. The van der Waals surface area contributed by atoms with E-state index in [9.17, 15) is 14.8 Å². The quantitative estimate of drug-likeness (QED) is 0.525. The minimum Gasteiger partial charge on any atom is -0.338 e. The van der Waals surface area contributed by atoms with Crippen molar-refractivity contribution in [2.45, 2.75) is 20.3 Å². The fourth-order valence-electron chi connectivity index (χ4n) is 1.72. The fourth-order valence-corrected chi connectivity index (χ4v) is 1.72. The highest BCUT2D eigenvalue weighted by Gasteiger charge is 2.13. The average Bonchev–Trinajstić information content (AvgIpc) is 2.45. The number of carbonyl (C=O) groups excluding carboxylic acids is 2. The summed E-state index contributed by atoms with van der Waals surface area (Å²) < 4.78 is 0. The van der Waals surface area contributed by atoms with E-state index >= 15 is 0 Å².